The number of fused-ring (bicyclic) bond motifs is 2. The van der Waals surface area contributed by atoms with Crippen LogP contribution in [0.1, 0.15) is 10.5 Å². The van der Waals surface area contributed by atoms with Crippen LogP contribution in [0.5, 0.6) is 0 Å². The predicted octanol–water partition coefficient (Wildman–Crippen LogP) is -0.224. The average molecular weight is 247 g/mol. The summed E-state index contributed by atoms with van der Waals surface area (Å²) in [6, 6.07) is -0.512. The SMILES string of the molecule is CN1C(=O)C2C(=O)c3[nH]cnc3N=C2N(C)C1=O. The van der Waals surface area contributed by atoms with Crippen LogP contribution in [0.25, 0.3) is 0 Å². The predicted molar refractivity (Wildman–Crippen MR) is 59.4 cm³/mol. The zero-order valence-corrected chi connectivity index (χ0v) is 9.67. The summed E-state index contributed by atoms with van der Waals surface area (Å²) >= 11 is 0. The van der Waals surface area contributed by atoms with Crippen molar-refractivity contribution < 1.29 is 14.4 Å². The number of hydrogen-bond acceptors (Lipinski definition) is 5. The van der Waals surface area contributed by atoms with Gasteiger partial charge in [0.25, 0.3) is 0 Å². The van der Waals surface area contributed by atoms with Gasteiger partial charge >= 0.3 is 6.03 Å². The Balaban J connectivity index is 2.20. The van der Waals surface area contributed by atoms with Crippen LogP contribution in [-0.4, -0.2) is 57.4 Å². The van der Waals surface area contributed by atoms with E-state index in [9.17, 15) is 14.4 Å². The van der Waals surface area contributed by atoms with Crippen molar-refractivity contribution >= 4 is 29.4 Å². The number of urea groups is 1. The zero-order chi connectivity index (χ0) is 13.0. The number of amidine groups is 1. The van der Waals surface area contributed by atoms with Crippen LogP contribution in [0.2, 0.25) is 0 Å². The molecule has 0 radical (unpaired) electrons. The van der Waals surface area contributed by atoms with E-state index >= 15 is 0 Å². The van der Waals surface area contributed by atoms with Crippen LogP contribution in [0, 0.1) is 5.92 Å². The Morgan fingerprint density at radius 3 is 2.67 bits per heavy atom. The van der Waals surface area contributed by atoms with E-state index in [0.717, 1.165) is 4.90 Å². The molecule has 1 fully saturated rings. The molecule has 1 aromatic rings. The van der Waals surface area contributed by atoms with Gasteiger partial charge < -0.3 is 4.98 Å². The van der Waals surface area contributed by atoms with Gasteiger partial charge in [-0.2, -0.15) is 0 Å². The molecule has 0 spiro atoms. The Kier molecular flexibility index (Phi) is 1.92. The monoisotopic (exact) mass is 247 g/mol. The lowest BCUT2D eigenvalue weighted by Crippen LogP contribution is -2.59. The maximum absolute atomic E-state index is 12.2. The second kappa shape index (κ2) is 3.25. The Morgan fingerprint density at radius 1 is 1.22 bits per heavy atom. The van der Waals surface area contributed by atoms with Crippen molar-refractivity contribution in [3.05, 3.63) is 12.0 Å². The van der Waals surface area contributed by atoms with Crippen LogP contribution in [0.4, 0.5) is 10.6 Å². The minimum atomic E-state index is -1.06. The van der Waals surface area contributed by atoms with E-state index in [-0.39, 0.29) is 17.3 Å². The van der Waals surface area contributed by atoms with E-state index in [4.69, 9.17) is 0 Å². The third-order valence-corrected chi connectivity index (χ3v) is 3.10. The van der Waals surface area contributed by atoms with E-state index in [1.165, 1.54) is 25.3 Å². The number of Topliss-reactive ketones (excluding diaryl/α,β-unsaturated/α-hetero) is 1. The van der Waals surface area contributed by atoms with Crippen molar-refractivity contribution in [3.63, 3.8) is 0 Å². The summed E-state index contributed by atoms with van der Waals surface area (Å²) in [4.78, 5) is 48.7. The molecular formula is C10H9N5O3. The molecule has 0 aliphatic carbocycles. The number of H-pyrrole nitrogens is 1. The highest BCUT2D eigenvalue weighted by molar-refractivity contribution is 6.32. The number of aliphatic imine (C=N–C) groups is 1. The third-order valence-electron chi connectivity index (χ3n) is 3.10. The molecule has 3 amide bonds. The standard InChI is InChI=1S/C10H9N5O3/c1-14-8-4(9(17)15(2)10(14)18)6(16)5-7(13-8)12-3-11-5/h3-4H,1-2H3,(H,11,12). The van der Waals surface area contributed by atoms with Gasteiger partial charge in [-0.3, -0.25) is 19.4 Å². The minimum absolute atomic E-state index is 0.132. The van der Waals surface area contributed by atoms with Gasteiger partial charge in [0.15, 0.2) is 11.7 Å². The Morgan fingerprint density at radius 2 is 1.94 bits per heavy atom. The largest absolute Gasteiger partial charge is 0.340 e. The second-order valence-corrected chi connectivity index (χ2v) is 4.11. The van der Waals surface area contributed by atoms with Gasteiger partial charge in [0.2, 0.25) is 11.7 Å². The van der Waals surface area contributed by atoms with Crippen molar-refractivity contribution in [1.82, 2.24) is 19.8 Å². The first-order chi connectivity index (χ1) is 8.52. The molecule has 3 rings (SSSR count). The summed E-state index contributed by atoms with van der Waals surface area (Å²) in [6.45, 7) is 0. The topological polar surface area (TPSA) is 98.7 Å². The quantitative estimate of drug-likeness (QED) is 0.640. The summed E-state index contributed by atoms with van der Waals surface area (Å²) in [6.07, 6.45) is 1.33. The first-order valence-corrected chi connectivity index (χ1v) is 5.23. The normalized spacial score (nSPS) is 22.9. The number of carbonyl (C=O) groups excluding carboxylic acids is 3. The van der Waals surface area contributed by atoms with Crippen LogP contribution in [0.3, 0.4) is 0 Å². The Hall–Kier alpha value is -2.51. The molecule has 2 aliphatic rings. The molecule has 1 aromatic heterocycles. The number of nitrogens with zero attached hydrogens (tertiary/aromatic N) is 4. The summed E-state index contributed by atoms with van der Waals surface area (Å²) in [7, 11) is 2.82. The third kappa shape index (κ3) is 1.11. The molecule has 8 nitrogen and oxygen atoms in total. The molecule has 1 unspecified atom stereocenters. The summed E-state index contributed by atoms with van der Waals surface area (Å²) in [5, 5.41) is 0. The van der Waals surface area contributed by atoms with Gasteiger partial charge in [-0.15, -0.1) is 0 Å². The van der Waals surface area contributed by atoms with Gasteiger partial charge in [-0.05, 0) is 0 Å². The molecule has 8 heteroatoms. The van der Waals surface area contributed by atoms with E-state index in [1.54, 1.807) is 0 Å². The summed E-state index contributed by atoms with van der Waals surface area (Å²) < 4.78 is 0. The van der Waals surface area contributed by atoms with Crippen molar-refractivity contribution in [2.24, 2.45) is 10.9 Å². The summed E-state index contributed by atoms with van der Waals surface area (Å²) in [5.41, 5.74) is 0.202. The molecular weight excluding hydrogens is 238 g/mol. The Labute approximate surface area is 101 Å². The smallest absolute Gasteiger partial charge is 0.331 e. The second-order valence-electron chi connectivity index (χ2n) is 4.11. The zero-order valence-electron chi connectivity index (χ0n) is 9.67. The molecule has 1 saturated heterocycles. The molecule has 2 aliphatic heterocycles. The van der Waals surface area contributed by atoms with Gasteiger partial charge in [0.05, 0.1) is 6.33 Å². The number of carbonyl (C=O) groups is 3. The van der Waals surface area contributed by atoms with E-state index in [2.05, 4.69) is 15.0 Å². The summed E-state index contributed by atoms with van der Waals surface area (Å²) in [5.74, 6) is -1.70. The number of nitrogens with one attached hydrogen (secondary N) is 1. The fourth-order valence-corrected chi connectivity index (χ4v) is 2.09. The average Bonchev–Trinajstić information content (AvgIpc) is 2.82. The first kappa shape index (κ1) is 10.6. The van der Waals surface area contributed by atoms with Crippen LogP contribution in [-0.2, 0) is 4.79 Å². The van der Waals surface area contributed by atoms with Gasteiger partial charge in [-0.1, -0.05) is 0 Å². The van der Waals surface area contributed by atoms with Crippen molar-refractivity contribution in [3.8, 4) is 0 Å². The number of amides is 3. The number of hydrogen-bond donors (Lipinski definition) is 1. The number of rotatable bonds is 0. The highest BCUT2D eigenvalue weighted by Crippen LogP contribution is 2.30. The molecule has 92 valence electrons. The van der Waals surface area contributed by atoms with Crippen molar-refractivity contribution in [2.75, 3.05) is 14.1 Å². The van der Waals surface area contributed by atoms with Crippen LogP contribution < -0.4 is 0 Å². The lowest BCUT2D eigenvalue weighted by molar-refractivity contribution is -0.129. The fraction of sp³-hybridized carbons (Fsp3) is 0.300. The van der Waals surface area contributed by atoms with Gasteiger partial charge in [-0.25, -0.2) is 14.8 Å². The number of ketones is 1. The van der Waals surface area contributed by atoms with Crippen molar-refractivity contribution in [2.45, 2.75) is 0 Å². The maximum atomic E-state index is 12.2. The molecule has 0 bridgehead atoms. The number of aromatic nitrogens is 2. The number of imidazole rings is 1. The molecule has 0 aromatic carbocycles. The molecule has 1 N–H and O–H groups in total. The Bertz CT molecular complexity index is 617. The number of aromatic amines is 1. The van der Waals surface area contributed by atoms with Crippen molar-refractivity contribution in [1.29, 1.82) is 0 Å². The maximum Gasteiger partial charge on any atom is 0.331 e. The molecule has 0 saturated carbocycles. The van der Waals surface area contributed by atoms with Gasteiger partial charge in [0, 0.05) is 14.1 Å². The minimum Gasteiger partial charge on any atom is -0.340 e. The van der Waals surface area contributed by atoms with E-state index in [1.807, 2.05) is 0 Å². The molecule has 1 atom stereocenters. The van der Waals surface area contributed by atoms with Gasteiger partial charge in [0.1, 0.15) is 11.5 Å². The molecule has 3 heterocycles. The fourth-order valence-electron chi connectivity index (χ4n) is 2.09. The van der Waals surface area contributed by atoms with E-state index < -0.39 is 23.6 Å². The van der Waals surface area contributed by atoms with Crippen LogP contribution >= 0.6 is 0 Å². The lowest BCUT2D eigenvalue weighted by Gasteiger charge is -2.35. The highest BCUT2D eigenvalue weighted by Gasteiger charge is 2.48. The first-order valence-electron chi connectivity index (χ1n) is 5.23. The highest BCUT2D eigenvalue weighted by atomic mass is 16.2. The van der Waals surface area contributed by atoms with Crippen LogP contribution in [0.15, 0.2) is 11.3 Å². The van der Waals surface area contributed by atoms with E-state index in [0.29, 0.717) is 0 Å². The molecule has 18 heavy (non-hydrogen) atoms. The lowest BCUT2D eigenvalue weighted by atomic mass is 9.94. The number of imide groups is 1.